The molecular formula is C33H50N2O8. The van der Waals surface area contributed by atoms with Gasteiger partial charge in [0.05, 0.1) is 52.3 Å². The first-order valence-electron chi connectivity index (χ1n) is 14.8. The number of hydrogen-bond acceptors (Lipinski definition) is 10. The van der Waals surface area contributed by atoms with E-state index in [1.165, 1.54) is 0 Å². The molecule has 0 aliphatic heterocycles. The van der Waals surface area contributed by atoms with Crippen molar-refractivity contribution in [3.8, 4) is 11.5 Å². The maximum absolute atomic E-state index is 12.1. The summed E-state index contributed by atoms with van der Waals surface area (Å²) in [4.78, 5) is 35.3. The van der Waals surface area contributed by atoms with Gasteiger partial charge in [-0.2, -0.15) is 0 Å². The Balaban J connectivity index is 0.000000453. The molecule has 240 valence electrons. The number of esters is 3. The van der Waals surface area contributed by atoms with Crippen LogP contribution in [0.5, 0.6) is 11.5 Å². The van der Waals surface area contributed by atoms with E-state index in [-0.39, 0.29) is 48.2 Å². The second kappa shape index (κ2) is 21.1. The molecule has 2 rings (SSSR count). The number of rotatable bonds is 17. The Morgan fingerprint density at radius 2 is 1.19 bits per heavy atom. The minimum atomic E-state index is -0.355. The number of methoxy groups -OCH3 is 2. The van der Waals surface area contributed by atoms with Gasteiger partial charge in [-0.15, -0.1) is 0 Å². The van der Waals surface area contributed by atoms with Crippen LogP contribution in [0.3, 0.4) is 0 Å². The highest BCUT2D eigenvalue weighted by Crippen LogP contribution is 2.22. The van der Waals surface area contributed by atoms with Crippen molar-refractivity contribution in [3.63, 3.8) is 0 Å². The lowest BCUT2D eigenvalue weighted by Gasteiger charge is -2.24. The van der Waals surface area contributed by atoms with Gasteiger partial charge in [0.2, 0.25) is 0 Å². The van der Waals surface area contributed by atoms with E-state index in [9.17, 15) is 14.4 Å². The third-order valence-electron chi connectivity index (χ3n) is 6.88. The van der Waals surface area contributed by atoms with Crippen LogP contribution >= 0.6 is 0 Å². The highest BCUT2D eigenvalue weighted by molar-refractivity contribution is 5.73. The van der Waals surface area contributed by atoms with Crippen molar-refractivity contribution >= 4 is 17.9 Å². The van der Waals surface area contributed by atoms with Crippen molar-refractivity contribution in [2.75, 3.05) is 40.6 Å². The lowest BCUT2D eigenvalue weighted by Crippen LogP contribution is -2.42. The fourth-order valence-electron chi connectivity index (χ4n) is 4.32. The number of carbonyl (C=O) groups excluding carboxylic acids is 3. The number of nitrogens with two attached hydrogens (primary N) is 1. The molecule has 3 N–H and O–H groups in total. The molecule has 4 atom stereocenters. The van der Waals surface area contributed by atoms with E-state index in [4.69, 9.17) is 29.4 Å². The van der Waals surface area contributed by atoms with E-state index in [1.54, 1.807) is 41.9 Å². The van der Waals surface area contributed by atoms with Crippen molar-refractivity contribution in [3.05, 3.63) is 59.7 Å². The maximum Gasteiger partial charge on any atom is 0.310 e. The van der Waals surface area contributed by atoms with Crippen molar-refractivity contribution in [2.45, 2.75) is 66.0 Å². The molecule has 2 aromatic carbocycles. The summed E-state index contributed by atoms with van der Waals surface area (Å²) in [5.41, 5.74) is 8.05. The molecule has 0 bridgehead atoms. The molecule has 0 saturated heterocycles. The second-order valence-corrected chi connectivity index (χ2v) is 9.89. The van der Waals surface area contributed by atoms with Crippen LogP contribution in [0.25, 0.3) is 0 Å². The van der Waals surface area contributed by atoms with Crippen LogP contribution in [0, 0.1) is 11.8 Å². The first-order chi connectivity index (χ1) is 20.6. The number of nitrogens with one attached hydrogen (secondary N) is 1. The number of ether oxygens (including phenoxy) is 5. The monoisotopic (exact) mass is 602 g/mol. The van der Waals surface area contributed by atoms with E-state index >= 15 is 0 Å². The summed E-state index contributed by atoms with van der Waals surface area (Å²) in [6, 6.07) is 14.9. The predicted octanol–water partition coefficient (Wildman–Crippen LogP) is 4.11. The van der Waals surface area contributed by atoms with Crippen LogP contribution in [0.4, 0.5) is 0 Å². The molecule has 10 nitrogen and oxygen atoms in total. The third kappa shape index (κ3) is 13.5. The lowest BCUT2D eigenvalue weighted by molar-refractivity contribution is -0.149. The fourth-order valence-corrected chi connectivity index (χ4v) is 4.32. The van der Waals surface area contributed by atoms with Gasteiger partial charge in [0.15, 0.2) is 0 Å². The SMILES string of the molecule is CCOC(=O)C(C)C(N)Cc1ccccc1OC.CCOC(=O)CCNC(Cc1ccccc1OC)C(C)C(=O)OCC. The Hall–Kier alpha value is -3.63. The van der Waals surface area contributed by atoms with E-state index < -0.39 is 0 Å². The summed E-state index contributed by atoms with van der Waals surface area (Å²) in [7, 11) is 3.25. The zero-order chi connectivity index (χ0) is 32.2. The largest absolute Gasteiger partial charge is 0.496 e. The smallest absolute Gasteiger partial charge is 0.310 e. The fraction of sp³-hybridized carbons (Fsp3) is 0.545. The first kappa shape index (κ1) is 37.4. The topological polar surface area (TPSA) is 135 Å². The molecule has 0 amide bonds. The standard InChI is InChI=1S/C19H29NO5.C14H21NO3/c1-5-24-18(21)11-12-20-16(14(3)19(22)25-6-2)13-15-9-7-8-10-17(15)23-4;1-4-18-14(16)10(2)12(15)9-11-7-5-6-8-13(11)17-3/h7-10,14,16,20H,5-6,11-13H2,1-4H3;5-8,10,12H,4,9,15H2,1-3H3. The van der Waals surface area contributed by atoms with Gasteiger partial charge in [0.25, 0.3) is 0 Å². The molecule has 0 heterocycles. The molecule has 4 unspecified atom stereocenters. The highest BCUT2D eigenvalue weighted by atomic mass is 16.5. The summed E-state index contributed by atoms with van der Waals surface area (Å²) in [5, 5.41) is 3.29. The second-order valence-electron chi connectivity index (χ2n) is 9.89. The number of para-hydroxylation sites is 2. The van der Waals surface area contributed by atoms with Crippen molar-refractivity contribution < 1.29 is 38.1 Å². The van der Waals surface area contributed by atoms with E-state index in [0.29, 0.717) is 39.2 Å². The maximum atomic E-state index is 12.1. The number of carbonyl (C=O) groups is 3. The van der Waals surface area contributed by atoms with Gasteiger partial charge < -0.3 is 34.7 Å². The summed E-state index contributed by atoms with van der Waals surface area (Å²) >= 11 is 0. The highest BCUT2D eigenvalue weighted by Gasteiger charge is 2.26. The molecule has 0 radical (unpaired) electrons. The van der Waals surface area contributed by atoms with Crippen molar-refractivity contribution in [2.24, 2.45) is 17.6 Å². The lowest BCUT2D eigenvalue weighted by atomic mass is 9.94. The Labute approximate surface area is 256 Å². The number of hydrogen-bond donors (Lipinski definition) is 2. The summed E-state index contributed by atoms with van der Waals surface area (Å²) in [6.07, 6.45) is 1.43. The summed E-state index contributed by atoms with van der Waals surface area (Å²) < 4.78 is 25.7. The molecule has 2 aromatic rings. The Morgan fingerprint density at radius 3 is 1.67 bits per heavy atom. The van der Waals surface area contributed by atoms with Gasteiger partial charge in [-0.1, -0.05) is 50.2 Å². The normalized spacial score (nSPS) is 13.3. The van der Waals surface area contributed by atoms with Crippen LogP contribution in [0.2, 0.25) is 0 Å². The van der Waals surface area contributed by atoms with Gasteiger partial charge in [0.1, 0.15) is 11.5 Å². The van der Waals surface area contributed by atoms with E-state index in [2.05, 4.69) is 5.32 Å². The van der Waals surface area contributed by atoms with Gasteiger partial charge in [-0.3, -0.25) is 14.4 Å². The van der Waals surface area contributed by atoms with Crippen LogP contribution in [-0.2, 0) is 41.4 Å². The molecule has 0 spiro atoms. The molecule has 0 fully saturated rings. The summed E-state index contributed by atoms with van der Waals surface area (Å²) in [5.74, 6) is 0.127. The predicted molar refractivity (Wildman–Crippen MR) is 166 cm³/mol. The van der Waals surface area contributed by atoms with Gasteiger partial charge in [0, 0.05) is 18.6 Å². The molecule has 0 saturated carbocycles. The van der Waals surface area contributed by atoms with Gasteiger partial charge >= 0.3 is 17.9 Å². The Morgan fingerprint density at radius 1 is 0.721 bits per heavy atom. The third-order valence-corrected chi connectivity index (χ3v) is 6.88. The minimum absolute atomic E-state index is 0.176. The Bertz CT molecular complexity index is 1110. The molecule has 0 aliphatic rings. The van der Waals surface area contributed by atoms with E-state index in [1.807, 2.05) is 55.5 Å². The average Bonchev–Trinajstić information content (AvgIpc) is 3.01. The van der Waals surface area contributed by atoms with Crippen molar-refractivity contribution in [1.29, 1.82) is 0 Å². The zero-order valence-electron chi connectivity index (χ0n) is 26.7. The first-order valence-corrected chi connectivity index (χ1v) is 14.8. The average molecular weight is 603 g/mol. The molecule has 10 heteroatoms. The summed E-state index contributed by atoms with van der Waals surface area (Å²) in [6.45, 7) is 10.5. The van der Waals surface area contributed by atoms with Crippen LogP contribution in [-0.4, -0.2) is 70.6 Å². The van der Waals surface area contributed by atoms with Gasteiger partial charge in [-0.05, 0) is 56.9 Å². The van der Waals surface area contributed by atoms with E-state index in [0.717, 1.165) is 22.6 Å². The Kier molecular flexibility index (Phi) is 18.4. The zero-order valence-corrected chi connectivity index (χ0v) is 26.7. The molecule has 0 aromatic heterocycles. The quantitative estimate of drug-likeness (QED) is 0.201. The van der Waals surface area contributed by atoms with Crippen molar-refractivity contribution in [1.82, 2.24) is 5.32 Å². The van der Waals surface area contributed by atoms with Crippen LogP contribution in [0.15, 0.2) is 48.5 Å². The number of benzene rings is 2. The molecule has 0 aliphatic carbocycles. The molecule has 43 heavy (non-hydrogen) atoms. The van der Waals surface area contributed by atoms with Crippen LogP contribution in [0.1, 0.15) is 52.2 Å². The molecular weight excluding hydrogens is 552 g/mol. The minimum Gasteiger partial charge on any atom is -0.496 e. The van der Waals surface area contributed by atoms with Gasteiger partial charge in [-0.25, -0.2) is 0 Å². The van der Waals surface area contributed by atoms with Crippen LogP contribution < -0.4 is 20.5 Å².